The molecule has 3 rings (SSSR count). The highest BCUT2D eigenvalue weighted by Gasteiger charge is 2.19. The van der Waals surface area contributed by atoms with Crippen LogP contribution in [0.1, 0.15) is 10.5 Å². The van der Waals surface area contributed by atoms with Crippen molar-refractivity contribution in [3.63, 3.8) is 0 Å². The van der Waals surface area contributed by atoms with Crippen LogP contribution < -0.4 is 10.3 Å². The lowest BCUT2D eigenvalue weighted by Crippen LogP contribution is -2.42. The van der Waals surface area contributed by atoms with Gasteiger partial charge in [0.05, 0.1) is 17.4 Å². The van der Waals surface area contributed by atoms with Gasteiger partial charge < -0.3 is 0 Å². The number of aromatic nitrogens is 2. The quantitative estimate of drug-likeness (QED) is 0.662. The molecule has 26 heavy (non-hydrogen) atoms. The fourth-order valence-electron chi connectivity index (χ4n) is 2.18. The summed E-state index contributed by atoms with van der Waals surface area (Å²) in [4.78, 5) is 17.3. The van der Waals surface area contributed by atoms with E-state index in [1.165, 1.54) is 17.1 Å². The molecule has 0 fully saturated rings. The van der Waals surface area contributed by atoms with Crippen LogP contribution in [0.2, 0.25) is 0 Å². The lowest BCUT2D eigenvalue weighted by molar-refractivity contribution is 0.0938. The maximum Gasteiger partial charge on any atom is 0.284 e. The maximum absolute atomic E-state index is 13.2. The van der Waals surface area contributed by atoms with Crippen LogP contribution >= 0.6 is 0 Å². The highest BCUT2D eigenvalue weighted by molar-refractivity contribution is 7.89. The summed E-state index contributed by atoms with van der Waals surface area (Å²) >= 11 is 0. The fourth-order valence-corrected chi connectivity index (χ4v) is 3.06. The summed E-state index contributed by atoms with van der Waals surface area (Å²) < 4.78 is 52.0. The van der Waals surface area contributed by atoms with Crippen LogP contribution in [0.4, 0.5) is 8.78 Å². The van der Waals surface area contributed by atoms with Gasteiger partial charge in [-0.2, -0.15) is 0 Å². The first-order valence-corrected chi connectivity index (χ1v) is 8.71. The Morgan fingerprint density at radius 3 is 2.35 bits per heavy atom. The largest absolute Gasteiger partial charge is 0.295 e. The number of amides is 1. The predicted molar refractivity (Wildman–Crippen MR) is 87.7 cm³/mol. The number of hydrogen-bond donors (Lipinski definition) is 2. The van der Waals surface area contributed by atoms with Crippen molar-refractivity contribution in [1.29, 1.82) is 0 Å². The van der Waals surface area contributed by atoms with E-state index in [4.69, 9.17) is 0 Å². The second-order valence-corrected chi connectivity index (χ2v) is 6.83. The molecule has 0 bridgehead atoms. The molecule has 1 heterocycles. The average molecular weight is 378 g/mol. The topological polar surface area (TPSA) is 93.1 Å². The van der Waals surface area contributed by atoms with Gasteiger partial charge in [0.15, 0.2) is 0 Å². The smallest absolute Gasteiger partial charge is 0.284 e. The van der Waals surface area contributed by atoms with Gasteiger partial charge in [-0.15, -0.1) is 4.83 Å². The summed E-state index contributed by atoms with van der Waals surface area (Å²) in [6.45, 7) is 0. The summed E-state index contributed by atoms with van der Waals surface area (Å²) in [5.41, 5.74) is 2.69. The Labute approximate surface area is 147 Å². The first-order valence-electron chi connectivity index (χ1n) is 7.23. The van der Waals surface area contributed by atoms with Crippen LogP contribution in [0.5, 0.6) is 0 Å². The van der Waals surface area contributed by atoms with Crippen LogP contribution in [0, 0.1) is 11.6 Å². The third kappa shape index (κ3) is 3.76. The van der Waals surface area contributed by atoms with Crippen molar-refractivity contribution < 1.29 is 22.0 Å². The van der Waals surface area contributed by atoms with Gasteiger partial charge in [0.25, 0.3) is 15.9 Å². The lowest BCUT2D eigenvalue weighted by atomic mass is 10.3. The van der Waals surface area contributed by atoms with Crippen molar-refractivity contribution >= 4 is 15.9 Å². The molecule has 3 aromatic rings. The minimum absolute atomic E-state index is 0.0596. The number of benzene rings is 2. The second kappa shape index (κ2) is 7.02. The van der Waals surface area contributed by atoms with E-state index in [0.29, 0.717) is 23.9 Å². The third-order valence-electron chi connectivity index (χ3n) is 3.35. The fraction of sp³-hybridized carbons (Fsp3) is 0. The number of sulfonamides is 1. The Balaban J connectivity index is 1.79. The molecule has 10 heteroatoms. The number of carbonyl (C=O) groups is 1. The maximum atomic E-state index is 13.2. The molecular weight excluding hydrogens is 366 g/mol. The summed E-state index contributed by atoms with van der Waals surface area (Å²) in [6.07, 6.45) is 2.64. The summed E-state index contributed by atoms with van der Waals surface area (Å²) in [7, 11) is -4.36. The standard InChI is InChI=1S/C16H12F2N4O3S/c17-11-6-12(18)8-14(7-11)26(24,25)21-20-16(23)15-9-19-10-22(15)13-4-2-1-3-5-13/h1-10,21H,(H,20,23). The van der Waals surface area contributed by atoms with Gasteiger partial charge in [-0.25, -0.2) is 22.2 Å². The monoisotopic (exact) mass is 378 g/mol. The zero-order valence-corrected chi connectivity index (χ0v) is 13.9. The van der Waals surface area contributed by atoms with Gasteiger partial charge >= 0.3 is 0 Å². The van der Waals surface area contributed by atoms with Crippen molar-refractivity contribution in [2.24, 2.45) is 0 Å². The lowest BCUT2D eigenvalue weighted by Gasteiger charge is -2.10. The molecule has 0 saturated heterocycles. The molecule has 0 aliphatic rings. The van der Waals surface area contributed by atoms with Crippen molar-refractivity contribution in [3.8, 4) is 5.69 Å². The molecule has 2 aromatic carbocycles. The minimum atomic E-state index is -4.36. The molecular formula is C16H12F2N4O3S. The Kier molecular flexibility index (Phi) is 4.78. The van der Waals surface area contributed by atoms with Crippen molar-refractivity contribution in [2.75, 3.05) is 0 Å². The SMILES string of the molecule is O=C(NNS(=O)(=O)c1cc(F)cc(F)c1)c1cncn1-c1ccccc1. The van der Waals surface area contributed by atoms with Crippen LogP contribution in [0.15, 0.2) is 66.0 Å². The third-order valence-corrected chi connectivity index (χ3v) is 4.58. The Morgan fingerprint density at radius 1 is 1.04 bits per heavy atom. The Morgan fingerprint density at radius 2 is 1.69 bits per heavy atom. The van der Waals surface area contributed by atoms with Crippen molar-refractivity contribution in [3.05, 3.63) is 78.4 Å². The van der Waals surface area contributed by atoms with Crippen LogP contribution in [0.3, 0.4) is 0 Å². The number of hydrogen-bond acceptors (Lipinski definition) is 4. The number of nitrogens with zero attached hydrogens (tertiary/aromatic N) is 2. The van der Waals surface area contributed by atoms with Crippen LogP contribution in [0.25, 0.3) is 5.69 Å². The molecule has 0 unspecified atom stereocenters. The second-order valence-electron chi connectivity index (χ2n) is 5.15. The van der Waals surface area contributed by atoms with E-state index in [2.05, 4.69) is 4.98 Å². The van der Waals surface area contributed by atoms with E-state index in [-0.39, 0.29) is 5.69 Å². The highest BCUT2D eigenvalue weighted by atomic mass is 32.2. The van der Waals surface area contributed by atoms with Crippen molar-refractivity contribution in [1.82, 2.24) is 19.8 Å². The molecule has 7 nitrogen and oxygen atoms in total. The molecule has 134 valence electrons. The first-order chi connectivity index (χ1) is 12.4. The minimum Gasteiger partial charge on any atom is -0.295 e. The van der Waals surface area contributed by atoms with Gasteiger partial charge in [0.2, 0.25) is 0 Å². The summed E-state index contributed by atoms with van der Waals surface area (Å²) in [5.74, 6) is -2.91. The zero-order chi connectivity index (χ0) is 18.7. The molecule has 1 aromatic heterocycles. The zero-order valence-electron chi connectivity index (χ0n) is 13.1. The molecule has 0 aliphatic heterocycles. The van der Waals surface area contributed by atoms with Crippen molar-refractivity contribution in [2.45, 2.75) is 4.90 Å². The van der Waals surface area contributed by atoms with Crippen LogP contribution in [-0.2, 0) is 10.0 Å². The number of hydrazine groups is 1. The normalized spacial score (nSPS) is 11.3. The molecule has 0 radical (unpaired) electrons. The number of para-hydroxylation sites is 1. The molecule has 1 amide bonds. The van der Waals surface area contributed by atoms with Gasteiger partial charge in [-0.3, -0.25) is 14.8 Å². The van der Waals surface area contributed by atoms with Gasteiger partial charge in [-0.1, -0.05) is 18.2 Å². The summed E-state index contributed by atoms with van der Waals surface area (Å²) in [5, 5.41) is 0. The van der Waals surface area contributed by atoms with E-state index >= 15 is 0 Å². The number of rotatable bonds is 5. The van der Waals surface area contributed by atoms with E-state index in [0.717, 1.165) is 0 Å². The molecule has 0 aliphatic carbocycles. The average Bonchev–Trinajstić information content (AvgIpc) is 3.09. The van der Waals surface area contributed by atoms with E-state index < -0.39 is 32.5 Å². The van der Waals surface area contributed by atoms with E-state index in [1.807, 2.05) is 5.43 Å². The first kappa shape index (κ1) is 17.7. The van der Waals surface area contributed by atoms with E-state index in [9.17, 15) is 22.0 Å². The summed E-state index contributed by atoms with van der Waals surface area (Å²) in [6, 6.07) is 10.6. The molecule has 0 spiro atoms. The number of imidazole rings is 1. The van der Waals surface area contributed by atoms with Gasteiger partial charge in [0, 0.05) is 11.8 Å². The molecule has 2 N–H and O–H groups in total. The van der Waals surface area contributed by atoms with Gasteiger partial charge in [0.1, 0.15) is 17.3 Å². The number of nitrogens with one attached hydrogen (secondary N) is 2. The van der Waals surface area contributed by atoms with E-state index in [1.54, 1.807) is 35.2 Å². The predicted octanol–water partition coefficient (Wildman–Crippen LogP) is 1.77. The number of carbonyl (C=O) groups excluding carboxylic acids is 1. The Bertz CT molecular complexity index is 1030. The van der Waals surface area contributed by atoms with Crippen LogP contribution in [-0.4, -0.2) is 23.9 Å². The number of halogens is 2. The molecule has 0 atom stereocenters. The van der Waals surface area contributed by atoms with Gasteiger partial charge in [-0.05, 0) is 24.3 Å². The highest BCUT2D eigenvalue weighted by Crippen LogP contribution is 2.13. The Hall–Kier alpha value is -3.11. The molecule has 0 saturated carbocycles.